The lowest BCUT2D eigenvalue weighted by molar-refractivity contribution is -0.139. The second-order valence-corrected chi connectivity index (χ2v) is 5.90. The van der Waals surface area contributed by atoms with E-state index in [4.69, 9.17) is 9.26 Å². The average molecular weight is 317 g/mol. The molecule has 1 aromatic heterocycles. The van der Waals surface area contributed by atoms with Gasteiger partial charge in [-0.25, -0.2) is 4.39 Å². The molecule has 7 heteroatoms. The molecule has 1 saturated heterocycles. The molecule has 0 saturated carbocycles. The summed E-state index contributed by atoms with van der Waals surface area (Å²) < 4.78 is 24.4. The number of hydrogen-bond acceptors (Lipinski definition) is 5. The van der Waals surface area contributed by atoms with Gasteiger partial charge in [0.2, 0.25) is 5.89 Å². The fourth-order valence-electron chi connectivity index (χ4n) is 3.30. The van der Waals surface area contributed by atoms with E-state index in [0.29, 0.717) is 24.7 Å². The van der Waals surface area contributed by atoms with Crippen LogP contribution in [0.15, 0.2) is 22.7 Å². The number of fused-ring (bicyclic) bond motifs is 1. The van der Waals surface area contributed by atoms with E-state index in [9.17, 15) is 9.18 Å². The molecule has 2 aliphatic rings. The normalized spacial score (nSPS) is 23.0. The van der Waals surface area contributed by atoms with E-state index >= 15 is 0 Å². The summed E-state index contributed by atoms with van der Waals surface area (Å²) in [4.78, 5) is 18.8. The standard InChI is InChI=1S/C16H16FN3O3/c1-9-18-15(19-23-9)12-6-3-7-20(12)16(21)13-8-10-4-2-5-11(17)14(10)22-13/h2,4-5,12-13H,3,6-8H2,1H3. The van der Waals surface area contributed by atoms with Crippen LogP contribution in [0.25, 0.3) is 0 Å². The maximum atomic E-state index is 13.8. The Labute approximate surface area is 132 Å². The summed E-state index contributed by atoms with van der Waals surface area (Å²) in [5, 5.41) is 3.93. The highest BCUT2D eigenvalue weighted by atomic mass is 19.1. The lowest BCUT2D eigenvalue weighted by Crippen LogP contribution is -2.41. The molecule has 2 atom stereocenters. The predicted octanol–water partition coefficient (Wildman–Crippen LogP) is 2.18. The summed E-state index contributed by atoms with van der Waals surface area (Å²) in [6.07, 6.45) is 1.37. The largest absolute Gasteiger partial charge is 0.477 e. The van der Waals surface area contributed by atoms with Crippen LogP contribution in [0.5, 0.6) is 5.75 Å². The minimum atomic E-state index is -0.685. The van der Waals surface area contributed by atoms with E-state index in [0.717, 1.165) is 18.4 Å². The first-order valence-corrected chi connectivity index (χ1v) is 7.68. The Kier molecular flexibility index (Phi) is 3.28. The van der Waals surface area contributed by atoms with Gasteiger partial charge in [-0.1, -0.05) is 17.3 Å². The molecule has 4 rings (SSSR count). The van der Waals surface area contributed by atoms with E-state index in [2.05, 4.69) is 10.1 Å². The van der Waals surface area contributed by atoms with Gasteiger partial charge in [-0.3, -0.25) is 4.79 Å². The number of amides is 1. The molecule has 6 nitrogen and oxygen atoms in total. The van der Waals surface area contributed by atoms with Crippen molar-refractivity contribution in [1.29, 1.82) is 0 Å². The number of aromatic nitrogens is 2. The molecule has 0 spiro atoms. The number of ether oxygens (including phenoxy) is 1. The minimum absolute atomic E-state index is 0.148. The number of nitrogens with zero attached hydrogens (tertiary/aromatic N) is 3. The summed E-state index contributed by atoms with van der Waals surface area (Å²) in [6.45, 7) is 2.34. The Morgan fingerprint density at radius 3 is 3.04 bits per heavy atom. The highest BCUT2D eigenvalue weighted by molar-refractivity contribution is 5.83. The number of rotatable bonds is 2. The molecule has 1 aromatic carbocycles. The van der Waals surface area contributed by atoms with Gasteiger partial charge in [-0.05, 0) is 18.9 Å². The second kappa shape index (κ2) is 5.33. The number of benzene rings is 1. The Morgan fingerprint density at radius 1 is 1.43 bits per heavy atom. The zero-order valence-electron chi connectivity index (χ0n) is 12.7. The summed E-state index contributed by atoms with van der Waals surface area (Å²) in [6, 6.07) is 4.56. The summed E-state index contributed by atoms with van der Waals surface area (Å²) in [5.74, 6) is 0.619. The molecule has 23 heavy (non-hydrogen) atoms. The van der Waals surface area contributed by atoms with Crippen molar-refractivity contribution in [3.8, 4) is 5.75 Å². The monoisotopic (exact) mass is 317 g/mol. The van der Waals surface area contributed by atoms with Gasteiger partial charge in [0.25, 0.3) is 5.91 Å². The third-order valence-electron chi connectivity index (χ3n) is 4.37. The molecule has 2 aliphatic heterocycles. The fourth-order valence-corrected chi connectivity index (χ4v) is 3.30. The van der Waals surface area contributed by atoms with Gasteiger partial charge in [0.15, 0.2) is 23.5 Å². The molecule has 0 bridgehead atoms. The number of halogens is 1. The molecule has 0 N–H and O–H groups in total. The third kappa shape index (κ3) is 2.36. The van der Waals surface area contributed by atoms with Crippen molar-refractivity contribution in [2.24, 2.45) is 0 Å². The molecular weight excluding hydrogens is 301 g/mol. The fraction of sp³-hybridized carbons (Fsp3) is 0.438. The number of likely N-dealkylation sites (tertiary alicyclic amines) is 1. The molecular formula is C16H16FN3O3. The van der Waals surface area contributed by atoms with Crippen LogP contribution in [0.4, 0.5) is 4.39 Å². The number of hydrogen-bond donors (Lipinski definition) is 0. The first-order chi connectivity index (χ1) is 11.1. The molecule has 1 amide bonds. The van der Waals surface area contributed by atoms with Crippen molar-refractivity contribution in [3.63, 3.8) is 0 Å². The van der Waals surface area contributed by atoms with Crippen molar-refractivity contribution in [2.45, 2.75) is 38.3 Å². The van der Waals surface area contributed by atoms with Crippen molar-refractivity contribution in [3.05, 3.63) is 41.3 Å². The van der Waals surface area contributed by atoms with Crippen LogP contribution < -0.4 is 4.74 Å². The first kappa shape index (κ1) is 14.2. The van der Waals surface area contributed by atoms with Crippen LogP contribution in [-0.4, -0.2) is 33.6 Å². The topological polar surface area (TPSA) is 68.5 Å². The van der Waals surface area contributed by atoms with E-state index in [1.807, 2.05) is 0 Å². The van der Waals surface area contributed by atoms with Crippen LogP contribution in [-0.2, 0) is 11.2 Å². The van der Waals surface area contributed by atoms with Crippen LogP contribution in [0.1, 0.15) is 36.2 Å². The van der Waals surface area contributed by atoms with E-state index in [1.165, 1.54) is 6.07 Å². The molecule has 1 fully saturated rings. The number of aryl methyl sites for hydroxylation is 1. The molecule has 2 aromatic rings. The average Bonchev–Trinajstić information content (AvgIpc) is 3.24. The second-order valence-electron chi connectivity index (χ2n) is 5.90. The van der Waals surface area contributed by atoms with E-state index in [-0.39, 0.29) is 17.7 Å². The summed E-state index contributed by atoms with van der Waals surface area (Å²) in [7, 11) is 0. The molecule has 2 unspecified atom stereocenters. The van der Waals surface area contributed by atoms with Crippen LogP contribution >= 0.6 is 0 Å². The van der Waals surface area contributed by atoms with Crippen LogP contribution in [0, 0.1) is 12.7 Å². The summed E-state index contributed by atoms with van der Waals surface area (Å²) in [5.41, 5.74) is 0.731. The number of carbonyl (C=O) groups excluding carboxylic acids is 1. The highest BCUT2D eigenvalue weighted by Crippen LogP contribution is 2.35. The van der Waals surface area contributed by atoms with E-state index < -0.39 is 11.9 Å². The smallest absolute Gasteiger partial charge is 0.264 e. The van der Waals surface area contributed by atoms with Gasteiger partial charge in [0.1, 0.15) is 0 Å². The van der Waals surface area contributed by atoms with Gasteiger partial charge in [0.05, 0.1) is 6.04 Å². The van der Waals surface area contributed by atoms with Crippen molar-refractivity contribution in [1.82, 2.24) is 15.0 Å². The maximum Gasteiger partial charge on any atom is 0.264 e. The molecule has 120 valence electrons. The van der Waals surface area contributed by atoms with Crippen molar-refractivity contribution >= 4 is 5.91 Å². The van der Waals surface area contributed by atoms with Crippen molar-refractivity contribution < 1.29 is 18.4 Å². The lowest BCUT2D eigenvalue weighted by Gasteiger charge is -2.25. The number of carbonyl (C=O) groups is 1. The third-order valence-corrected chi connectivity index (χ3v) is 4.37. The zero-order valence-corrected chi connectivity index (χ0v) is 12.7. The quantitative estimate of drug-likeness (QED) is 0.849. The maximum absolute atomic E-state index is 13.8. The van der Waals surface area contributed by atoms with Gasteiger partial charge in [-0.15, -0.1) is 0 Å². The Morgan fingerprint density at radius 2 is 2.30 bits per heavy atom. The minimum Gasteiger partial charge on any atom is -0.477 e. The SMILES string of the molecule is Cc1nc(C2CCCN2C(=O)C2Cc3cccc(F)c3O2)no1. The van der Waals surface area contributed by atoms with Gasteiger partial charge < -0.3 is 14.2 Å². The molecule has 3 heterocycles. The van der Waals surface area contributed by atoms with Crippen molar-refractivity contribution in [2.75, 3.05) is 6.54 Å². The predicted molar refractivity (Wildman–Crippen MR) is 77.2 cm³/mol. The Balaban J connectivity index is 1.54. The highest BCUT2D eigenvalue weighted by Gasteiger charge is 2.40. The molecule has 0 aliphatic carbocycles. The van der Waals surface area contributed by atoms with Gasteiger partial charge in [0, 0.05) is 25.5 Å². The lowest BCUT2D eigenvalue weighted by atomic mass is 10.1. The Bertz CT molecular complexity index is 761. The summed E-state index contributed by atoms with van der Waals surface area (Å²) >= 11 is 0. The van der Waals surface area contributed by atoms with E-state index in [1.54, 1.807) is 24.0 Å². The first-order valence-electron chi connectivity index (χ1n) is 7.68. The zero-order chi connectivity index (χ0) is 16.0. The van der Waals surface area contributed by atoms with Gasteiger partial charge in [-0.2, -0.15) is 4.98 Å². The number of para-hydroxylation sites is 1. The van der Waals surface area contributed by atoms with Crippen LogP contribution in [0.3, 0.4) is 0 Å². The van der Waals surface area contributed by atoms with Gasteiger partial charge >= 0.3 is 0 Å². The Hall–Kier alpha value is -2.44. The molecule has 0 radical (unpaired) electrons. The van der Waals surface area contributed by atoms with Crippen LogP contribution in [0.2, 0.25) is 0 Å².